The fraction of sp³-hybridized carbons (Fsp3) is 0.357. The first-order valence-corrected chi connectivity index (χ1v) is 8.79. The smallest absolute Gasteiger partial charge is 0.262 e. The summed E-state index contributed by atoms with van der Waals surface area (Å²) in [6.45, 7) is 0.488. The first-order valence-electron chi connectivity index (χ1n) is 7.35. The highest BCUT2D eigenvalue weighted by atomic mass is 32.2. The Balaban J connectivity index is 1.79. The van der Waals surface area contributed by atoms with E-state index in [1.165, 1.54) is 16.8 Å². The number of hydrogen-bond donors (Lipinski definition) is 0. The van der Waals surface area contributed by atoms with Gasteiger partial charge in [-0.15, -0.1) is 0 Å². The summed E-state index contributed by atoms with van der Waals surface area (Å²) < 4.78 is 30.8. The Morgan fingerprint density at radius 3 is 2.83 bits per heavy atom. The molecule has 0 aliphatic carbocycles. The zero-order chi connectivity index (χ0) is 16.0. The van der Waals surface area contributed by atoms with Crippen molar-refractivity contribution in [1.29, 1.82) is 0 Å². The van der Waals surface area contributed by atoms with Crippen molar-refractivity contribution in [3.63, 3.8) is 0 Å². The van der Waals surface area contributed by atoms with Gasteiger partial charge in [0.1, 0.15) is 0 Å². The van der Waals surface area contributed by atoms with E-state index in [9.17, 15) is 8.42 Å². The molecule has 120 valence electrons. The predicted molar refractivity (Wildman–Crippen MR) is 82.1 cm³/mol. The van der Waals surface area contributed by atoms with Crippen LogP contribution in [0.5, 0.6) is 0 Å². The van der Waals surface area contributed by atoms with Gasteiger partial charge >= 0.3 is 0 Å². The SMILES string of the molecule is Cn1cnc(S(=O)(=O)N2CCCC2c2ccnc3nccn23)c1. The van der Waals surface area contributed by atoms with E-state index in [1.54, 1.807) is 24.0 Å². The Hall–Kier alpha value is -2.26. The summed E-state index contributed by atoms with van der Waals surface area (Å²) in [7, 11) is -1.86. The average molecular weight is 332 g/mol. The fourth-order valence-electron chi connectivity index (χ4n) is 3.09. The van der Waals surface area contributed by atoms with Crippen molar-refractivity contribution >= 4 is 15.8 Å². The predicted octanol–water partition coefficient (Wildman–Crippen LogP) is 0.989. The zero-order valence-electron chi connectivity index (χ0n) is 12.6. The van der Waals surface area contributed by atoms with E-state index in [0.717, 1.165) is 18.5 Å². The monoisotopic (exact) mass is 332 g/mol. The lowest BCUT2D eigenvalue weighted by atomic mass is 10.1. The number of imidazole rings is 2. The third-order valence-electron chi connectivity index (χ3n) is 4.13. The van der Waals surface area contributed by atoms with Crippen molar-refractivity contribution < 1.29 is 8.42 Å². The van der Waals surface area contributed by atoms with Crippen LogP contribution in [0.4, 0.5) is 0 Å². The molecule has 3 aromatic rings. The van der Waals surface area contributed by atoms with Crippen molar-refractivity contribution in [1.82, 2.24) is 28.2 Å². The number of sulfonamides is 1. The minimum absolute atomic E-state index is 0.0860. The van der Waals surface area contributed by atoms with Crippen molar-refractivity contribution in [2.75, 3.05) is 6.54 Å². The third kappa shape index (κ3) is 2.23. The molecule has 3 aromatic heterocycles. The van der Waals surface area contributed by atoms with Crippen LogP contribution in [0.2, 0.25) is 0 Å². The van der Waals surface area contributed by atoms with Crippen LogP contribution >= 0.6 is 0 Å². The summed E-state index contributed by atoms with van der Waals surface area (Å²) in [5.41, 5.74) is 0.879. The van der Waals surface area contributed by atoms with E-state index in [0.29, 0.717) is 12.3 Å². The lowest BCUT2D eigenvalue weighted by Crippen LogP contribution is -2.31. The van der Waals surface area contributed by atoms with Crippen LogP contribution in [-0.4, -0.2) is 43.2 Å². The second-order valence-corrected chi connectivity index (χ2v) is 7.46. The molecule has 0 bridgehead atoms. The van der Waals surface area contributed by atoms with Crippen LogP contribution in [0.15, 0.2) is 42.2 Å². The molecule has 9 heteroatoms. The molecule has 1 atom stereocenters. The first kappa shape index (κ1) is 14.3. The van der Waals surface area contributed by atoms with Gasteiger partial charge in [0.2, 0.25) is 5.78 Å². The molecule has 0 spiro atoms. The van der Waals surface area contributed by atoms with Gasteiger partial charge in [-0.1, -0.05) is 0 Å². The third-order valence-corrected chi connectivity index (χ3v) is 5.93. The van der Waals surface area contributed by atoms with E-state index >= 15 is 0 Å². The lowest BCUT2D eigenvalue weighted by molar-refractivity contribution is 0.386. The van der Waals surface area contributed by atoms with E-state index in [2.05, 4.69) is 15.0 Å². The topological polar surface area (TPSA) is 85.4 Å². The van der Waals surface area contributed by atoms with Crippen LogP contribution in [-0.2, 0) is 17.1 Å². The molecule has 8 nitrogen and oxygen atoms in total. The maximum atomic E-state index is 12.9. The van der Waals surface area contributed by atoms with Crippen molar-refractivity contribution in [3.05, 3.63) is 42.9 Å². The molecule has 1 fully saturated rings. The van der Waals surface area contributed by atoms with Gasteiger partial charge in [0.25, 0.3) is 10.0 Å². The standard InChI is InChI=1S/C14H16N6O2S/c1-18-9-13(17-10-18)23(21,22)20-7-2-3-12(20)11-4-5-15-14-16-6-8-19(11)14/h4-6,8-10,12H,2-3,7H2,1H3. The molecule has 0 N–H and O–H groups in total. The molecule has 0 amide bonds. The summed E-state index contributed by atoms with van der Waals surface area (Å²) in [6, 6.07) is 1.62. The zero-order valence-corrected chi connectivity index (χ0v) is 13.4. The maximum absolute atomic E-state index is 12.9. The molecule has 1 unspecified atom stereocenters. The summed E-state index contributed by atoms with van der Waals surface area (Å²) in [4.78, 5) is 12.4. The second kappa shape index (κ2) is 5.14. The first-order chi connectivity index (χ1) is 11.1. The van der Waals surface area contributed by atoms with Gasteiger partial charge in [-0.3, -0.25) is 4.40 Å². The Bertz CT molecular complexity index is 960. The molecular weight excluding hydrogens is 316 g/mol. The molecule has 1 saturated heterocycles. The van der Waals surface area contributed by atoms with Gasteiger partial charge in [-0.05, 0) is 18.9 Å². The van der Waals surface area contributed by atoms with Gasteiger partial charge in [-0.25, -0.2) is 23.4 Å². The van der Waals surface area contributed by atoms with E-state index < -0.39 is 10.0 Å². The largest absolute Gasteiger partial charge is 0.339 e. The Morgan fingerprint density at radius 2 is 2.04 bits per heavy atom. The highest BCUT2D eigenvalue weighted by Crippen LogP contribution is 2.36. The maximum Gasteiger partial charge on any atom is 0.262 e. The fourth-order valence-corrected chi connectivity index (χ4v) is 4.73. The molecule has 4 rings (SSSR count). The molecule has 0 aromatic carbocycles. The number of fused-ring (bicyclic) bond motifs is 1. The second-order valence-electron chi connectivity index (χ2n) is 5.62. The van der Waals surface area contributed by atoms with Gasteiger partial charge in [0, 0.05) is 44.1 Å². The van der Waals surface area contributed by atoms with Crippen LogP contribution in [0.25, 0.3) is 5.78 Å². The van der Waals surface area contributed by atoms with Crippen LogP contribution in [0.3, 0.4) is 0 Å². The number of aryl methyl sites for hydroxylation is 1. The van der Waals surface area contributed by atoms with E-state index in [4.69, 9.17) is 0 Å². The van der Waals surface area contributed by atoms with Crippen LogP contribution < -0.4 is 0 Å². The van der Waals surface area contributed by atoms with Crippen molar-refractivity contribution in [3.8, 4) is 0 Å². The molecule has 23 heavy (non-hydrogen) atoms. The van der Waals surface area contributed by atoms with Gasteiger partial charge in [0.15, 0.2) is 5.03 Å². The van der Waals surface area contributed by atoms with Crippen molar-refractivity contribution in [2.45, 2.75) is 23.9 Å². The molecule has 0 saturated carbocycles. The van der Waals surface area contributed by atoms with Crippen LogP contribution in [0, 0.1) is 0 Å². The van der Waals surface area contributed by atoms with Gasteiger partial charge in [0.05, 0.1) is 12.4 Å². The van der Waals surface area contributed by atoms with Gasteiger partial charge in [-0.2, -0.15) is 4.31 Å². The quantitative estimate of drug-likeness (QED) is 0.714. The highest BCUT2D eigenvalue weighted by molar-refractivity contribution is 7.89. The average Bonchev–Trinajstić information content (AvgIpc) is 3.26. The van der Waals surface area contributed by atoms with E-state index in [-0.39, 0.29) is 11.1 Å². The molecule has 1 aliphatic rings. The summed E-state index contributed by atoms with van der Waals surface area (Å²) in [5.74, 6) is 0.574. The summed E-state index contributed by atoms with van der Waals surface area (Å²) in [5, 5.41) is 0.0860. The normalized spacial score (nSPS) is 19.6. The Morgan fingerprint density at radius 1 is 1.22 bits per heavy atom. The molecule has 1 aliphatic heterocycles. The number of aromatic nitrogens is 5. The minimum atomic E-state index is -3.62. The van der Waals surface area contributed by atoms with Gasteiger partial charge < -0.3 is 4.57 Å². The number of rotatable bonds is 3. The Kier molecular flexibility index (Phi) is 3.20. The molecule has 0 radical (unpaired) electrons. The van der Waals surface area contributed by atoms with Crippen LogP contribution in [0.1, 0.15) is 24.6 Å². The van der Waals surface area contributed by atoms with Crippen molar-refractivity contribution in [2.24, 2.45) is 7.05 Å². The Labute approximate surface area is 133 Å². The summed E-state index contributed by atoms with van der Waals surface area (Å²) >= 11 is 0. The number of hydrogen-bond acceptors (Lipinski definition) is 5. The molecule has 4 heterocycles. The highest BCUT2D eigenvalue weighted by Gasteiger charge is 2.38. The lowest BCUT2D eigenvalue weighted by Gasteiger charge is -2.23. The summed E-state index contributed by atoms with van der Waals surface area (Å²) in [6.07, 6.45) is 9.75. The molecular formula is C14H16N6O2S. The number of nitrogens with zero attached hydrogens (tertiary/aromatic N) is 6. The minimum Gasteiger partial charge on any atom is -0.339 e. The van der Waals surface area contributed by atoms with E-state index in [1.807, 2.05) is 16.7 Å².